The first-order valence-corrected chi connectivity index (χ1v) is 6.39. The maximum atomic E-state index is 12.0. The van der Waals surface area contributed by atoms with Gasteiger partial charge in [0.1, 0.15) is 18.8 Å². The summed E-state index contributed by atoms with van der Waals surface area (Å²) in [6, 6.07) is 8.28. The minimum absolute atomic E-state index is 0.172. The summed E-state index contributed by atoms with van der Waals surface area (Å²) >= 11 is 11.7. The maximum absolute atomic E-state index is 12.0. The Hall–Kier alpha value is -1.95. The van der Waals surface area contributed by atoms with E-state index in [-0.39, 0.29) is 18.1 Å². The van der Waals surface area contributed by atoms with E-state index in [9.17, 15) is 4.79 Å². The largest absolute Gasteiger partial charge is 0.479 e. The van der Waals surface area contributed by atoms with Crippen LogP contribution >= 0.6 is 23.2 Å². The van der Waals surface area contributed by atoms with Crippen LogP contribution in [0, 0.1) is 22.7 Å². The third-order valence-corrected chi connectivity index (χ3v) is 2.91. The van der Waals surface area contributed by atoms with E-state index in [2.05, 4.69) is 0 Å². The molecule has 1 unspecified atom stereocenters. The van der Waals surface area contributed by atoms with Gasteiger partial charge in [0.15, 0.2) is 6.10 Å². The lowest BCUT2D eigenvalue weighted by Crippen LogP contribution is -2.41. The fourth-order valence-electron chi connectivity index (χ4n) is 1.45. The summed E-state index contributed by atoms with van der Waals surface area (Å²) in [4.78, 5) is 13.1. The Labute approximate surface area is 126 Å². The molecule has 0 fully saturated rings. The van der Waals surface area contributed by atoms with E-state index >= 15 is 0 Å². The van der Waals surface area contributed by atoms with Gasteiger partial charge in [-0.25, -0.2) is 0 Å². The number of ether oxygens (including phenoxy) is 1. The summed E-state index contributed by atoms with van der Waals surface area (Å²) in [6.07, 6.45) is -0.865. The highest BCUT2D eigenvalue weighted by atomic mass is 35.5. The monoisotopic (exact) mass is 311 g/mol. The Morgan fingerprint density at radius 2 is 1.95 bits per heavy atom. The normalized spacial score (nSPS) is 11.1. The summed E-state index contributed by atoms with van der Waals surface area (Å²) in [7, 11) is 0. The molecule has 0 aliphatic carbocycles. The number of nitriles is 2. The molecular formula is C13H11Cl2N3O2. The molecule has 0 heterocycles. The van der Waals surface area contributed by atoms with E-state index in [1.807, 2.05) is 12.1 Å². The van der Waals surface area contributed by atoms with Crippen LogP contribution in [0.25, 0.3) is 0 Å². The summed E-state index contributed by atoms with van der Waals surface area (Å²) < 4.78 is 5.43. The first-order chi connectivity index (χ1) is 9.49. The molecule has 0 aliphatic rings. The minimum atomic E-state index is -0.865. The first-order valence-electron chi connectivity index (χ1n) is 5.64. The van der Waals surface area contributed by atoms with Gasteiger partial charge in [-0.05, 0) is 25.1 Å². The maximum Gasteiger partial charge on any atom is 0.265 e. The number of benzene rings is 1. The summed E-state index contributed by atoms with van der Waals surface area (Å²) in [5, 5.41) is 18.0. The quantitative estimate of drug-likeness (QED) is 0.783. The van der Waals surface area contributed by atoms with Crippen molar-refractivity contribution in [3.8, 4) is 17.9 Å². The topological polar surface area (TPSA) is 77.1 Å². The van der Waals surface area contributed by atoms with Gasteiger partial charge in [0, 0.05) is 5.02 Å². The lowest BCUT2D eigenvalue weighted by molar-refractivity contribution is -0.136. The molecule has 1 amide bonds. The minimum Gasteiger partial charge on any atom is -0.479 e. The third kappa shape index (κ3) is 4.31. The van der Waals surface area contributed by atoms with Gasteiger partial charge >= 0.3 is 0 Å². The molecule has 0 bridgehead atoms. The highest BCUT2D eigenvalue weighted by molar-refractivity contribution is 6.35. The van der Waals surface area contributed by atoms with Crippen molar-refractivity contribution < 1.29 is 9.53 Å². The van der Waals surface area contributed by atoms with Crippen LogP contribution < -0.4 is 4.74 Å². The highest BCUT2D eigenvalue weighted by Crippen LogP contribution is 2.28. The zero-order valence-electron chi connectivity index (χ0n) is 10.6. The summed E-state index contributed by atoms with van der Waals surface area (Å²) in [5.74, 6) is -0.148. The fraction of sp³-hybridized carbons (Fsp3) is 0.308. The molecule has 1 aromatic rings. The van der Waals surface area contributed by atoms with Crippen LogP contribution in [-0.4, -0.2) is 30.0 Å². The standard InChI is InChI=1S/C13H11Cl2N3O2/c1-9(13(19)18(6-4-16)7-5-17)20-12-3-2-10(14)8-11(12)15/h2-3,8-9H,6-7H2,1H3. The molecule has 5 nitrogen and oxygen atoms in total. The average molecular weight is 312 g/mol. The Morgan fingerprint density at radius 1 is 1.35 bits per heavy atom. The first kappa shape index (κ1) is 16.1. The van der Waals surface area contributed by atoms with Crippen LogP contribution in [0.3, 0.4) is 0 Å². The SMILES string of the molecule is CC(Oc1ccc(Cl)cc1Cl)C(=O)N(CC#N)CC#N. The summed E-state index contributed by atoms with van der Waals surface area (Å²) in [5.41, 5.74) is 0. The van der Waals surface area contributed by atoms with Gasteiger partial charge in [-0.1, -0.05) is 23.2 Å². The second kappa shape index (κ2) is 7.59. The molecule has 0 saturated heterocycles. The van der Waals surface area contributed by atoms with Crippen molar-refractivity contribution in [1.29, 1.82) is 10.5 Å². The van der Waals surface area contributed by atoms with Gasteiger partial charge in [-0.15, -0.1) is 0 Å². The van der Waals surface area contributed by atoms with Crippen molar-refractivity contribution in [1.82, 2.24) is 4.90 Å². The lowest BCUT2D eigenvalue weighted by atomic mass is 10.3. The zero-order valence-corrected chi connectivity index (χ0v) is 12.1. The van der Waals surface area contributed by atoms with Crippen LogP contribution in [0.4, 0.5) is 0 Å². The second-order valence-corrected chi connectivity index (χ2v) is 4.69. The van der Waals surface area contributed by atoms with Crippen molar-refractivity contribution >= 4 is 29.1 Å². The van der Waals surface area contributed by atoms with Crippen LogP contribution in [0.2, 0.25) is 10.0 Å². The van der Waals surface area contributed by atoms with Gasteiger partial charge < -0.3 is 9.64 Å². The predicted octanol–water partition coefficient (Wildman–Crippen LogP) is 2.64. The average Bonchev–Trinajstić information content (AvgIpc) is 2.40. The van der Waals surface area contributed by atoms with E-state index in [1.165, 1.54) is 13.0 Å². The van der Waals surface area contributed by atoms with E-state index in [4.69, 9.17) is 38.5 Å². The number of rotatable bonds is 5. The van der Waals surface area contributed by atoms with Gasteiger partial charge in [-0.2, -0.15) is 10.5 Å². The molecule has 1 atom stereocenters. The zero-order chi connectivity index (χ0) is 15.1. The number of hydrogen-bond donors (Lipinski definition) is 0. The molecule has 0 N–H and O–H groups in total. The number of hydrogen-bond acceptors (Lipinski definition) is 4. The second-order valence-electron chi connectivity index (χ2n) is 3.85. The molecule has 1 rings (SSSR count). The van der Waals surface area contributed by atoms with Crippen LogP contribution in [0.1, 0.15) is 6.92 Å². The lowest BCUT2D eigenvalue weighted by Gasteiger charge is -2.21. The molecular weight excluding hydrogens is 301 g/mol. The van der Waals surface area contributed by atoms with Crippen LogP contribution in [0.5, 0.6) is 5.75 Å². The van der Waals surface area contributed by atoms with Crippen LogP contribution in [0.15, 0.2) is 18.2 Å². The van der Waals surface area contributed by atoms with E-state index in [0.717, 1.165) is 4.90 Å². The molecule has 0 spiro atoms. The number of halogens is 2. The van der Waals surface area contributed by atoms with Crippen molar-refractivity contribution in [2.75, 3.05) is 13.1 Å². The van der Waals surface area contributed by atoms with Crippen molar-refractivity contribution in [2.45, 2.75) is 13.0 Å². The molecule has 0 aromatic heterocycles. The molecule has 0 aliphatic heterocycles. The van der Waals surface area contributed by atoms with Crippen molar-refractivity contribution in [2.24, 2.45) is 0 Å². The number of amides is 1. The predicted molar refractivity (Wildman–Crippen MR) is 74.4 cm³/mol. The van der Waals surface area contributed by atoms with Crippen molar-refractivity contribution in [3.63, 3.8) is 0 Å². The number of carbonyl (C=O) groups is 1. The summed E-state index contributed by atoms with van der Waals surface area (Å²) in [6.45, 7) is 1.18. The van der Waals surface area contributed by atoms with E-state index < -0.39 is 12.0 Å². The van der Waals surface area contributed by atoms with Gasteiger partial charge in [0.05, 0.1) is 17.2 Å². The number of carbonyl (C=O) groups excluding carboxylic acids is 1. The van der Waals surface area contributed by atoms with E-state index in [1.54, 1.807) is 12.1 Å². The fourth-order valence-corrected chi connectivity index (χ4v) is 1.90. The number of nitrogens with zero attached hydrogens (tertiary/aromatic N) is 3. The molecule has 1 aromatic carbocycles. The van der Waals surface area contributed by atoms with Crippen molar-refractivity contribution in [3.05, 3.63) is 28.2 Å². The van der Waals surface area contributed by atoms with Gasteiger partial charge in [-0.3, -0.25) is 4.79 Å². The third-order valence-electron chi connectivity index (χ3n) is 2.38. The van der Waals surface area contributed by atoms with Crippen LogP contribution in [-0.2, 0) is 4.79 Å². The molecule has 7 heteroatoms. The Bertz CT molecular complexity index is 562. The van der Waals surface area contributed by atoms with Gasteiger partial charge in [0.2, 0.25) is 0 Å². The molecule has 20 heavy (non-hydrogen) atoms. The smallest absolute Gasteiger partial charge is 0.265 e. The molecule has 0 saturated carbocycles. The Kier molecular flexibility index (Phi) is 6.11. The molecule has 0 radical (unpaired) electrons. The van der Waals surface area contributed by atoms with Gasteiger partial charge in [0.25, 0.3) is 5.91 Å². The Morgan fingerprint density at radius 3 is 2.45 bits per heavy atom. The molecule has 104 valence electrons. The Balaban J connectivity index is 2.79. The highest BCUT2D eigenvalue weighted by Gasteiger charge is 2.22. The van der Waals surface area contributed by atoms with E-state index in [0.29, 0.717) is 10.8 Å².